The molecule has 0 aromatic rings. The first-order valence-electron chi connectivity index (χ1n) is 23.9. The lowest BCUT2D eigenvalue weighted by Gasteiger charge is -2.41. The number of phosphoric ester groups is 1. The summed E-state index contributed by atoms with van der Waals surface area (Å²) in [6.07, 6.45) is 32.8. The molecule has 6 N–H and O–H groups in total. The van der Waals surface area contributed by atoms with Crippen LogP contribution in [0.25, 0.3) is 0 Å². The van der Waals surface area contributed by atoms with Gasteiger partial charge in [0.25, 0.3) is 0 Å². The summed E-state index contributed by atoms with van der Waals surface area (Å²) >= 11 is 0. The Morgan fingerprint density at radius 1 is 0.547 bits per heavy atom. The van der Waals surface area contributed by atoms with Gasteiger partial charge < -0.3 is 44.6 Å². The molecule has 64 heavy (non-hydrogen) atoms. The predicted octanol–water partition coefficient (Wildman–Crippen LogP) is 8.49. The molecule has 1 aliphatic heterocycles. The molecule has 2 rings (SSSR count). The maximum Gasteiger partial charge on any atom is 0.472 e. The van der Waals surface area contributed by atoms with Crippen LogP contribution in [-0.4, -0.2) is 111 Å². The molecule has 5 unspecified atom stereocenters. The van der Waals surface area contributed by atoms with E-state index >= 15 is 0 Å². The molecule has 0 radical (unpaired) electrons. The summed E-state index contributed by atoms with van der Waals surface area (Å²) in [5.74, 6) is -1.24. The minimum Gasteiger partial charge on any atom is -0.462 e. The first kappa shape index (κ1) is 57.4. The minimum atomic E-state index is -5.15. The minimum absolute atomic E-state index is 0.00707. The van der Waals surface area contributed by atoms with Crippen LogP contribution in [0.15, 0.2) is 72.9 Å². The lowest BCUT2D eigenvalue weighted by atomic mass is 9.85. The molecule has 14 nitrogen and oxygen atoms in total. The van der Waals surface area contributed by atoms with Crippen LogP contribution in [0.2, 0.25) is 0 Å². The summed E-state index contributed by atoms with van der Waals surface area (Å²) in [4.78, 5) is 35.7. The van der Waals surface area contributed by atoms with E-state index < -0.39 is 75.7 Å². The predicted molar refractivity (Wildman–Crippen MR) is 248 cm³/mol. The Bertz CT molecular complexity index is 1460. The van der Waals surface area contributed by atoms with Crippen molar-refractivity contribution in [3.63, 3.8) is 0 Å². The zero-order chi connectivity index (χ0) is 46.8. The molecule has 1 saturated carbocycles. The van der Waals surface area contributed by atoms with Gasteiger partial charge in [-0.2, -0.15) is 0 Å². The highest BCUT2D eigenvalue weighted by Gasteiger charge is 2.51. The van der Waals surface area contributed by atoms with Gasteiger partial charge in [-0.25, -0.2) is 4.57 Å². The van der Waals surface area contributed by atoms with Crippen molar-refractivity contribution in [2.45, 2.75) is 210 Å². The number of allylic oxidation sites excluding steroid dienone is 10. The van der Waals surface area contributed by atoms with Crippen molar-refractivity contribution in [3.8, 4) is 0 Å². The molecular formula is C49H81O14P. The van der Waals surface area contributed by atoms with Gasteiger partial charge >= 0.3 is 19.8 Å². The quantitative estimate of drug-likeness (QED) is 0.0113. The highest BCUT2D eigenvalue weighted by Crippen LogP contribution is 2.47. The third-order valence-electron chi connectivity index (χ3n) is 10.9. The summed E-state index contributed by atoms with van der Waals surface area (Å²) in [6, 6.07) is 0. The Kier molecular flexibility index (Phi) is 31.8. The van der Waals surface area contributed by atoms with Crippen LogP contribution in [0.3, 0.4) is 0 Å². The highest BCUT2D eigenvalue weighted by molar-refractivity contribution is 7.47. The van der Waals surface area contributed by atoms with Crippen molar-refractivity contribution in [2.75, 3.05) is 13.2 Å². The molecule has 2 fully saturated rings. The van der Waals surface area contributed by atoms with E-state index in [9.17, 15) is 44.6 Å². The molecule has 0 spiro atoms. The molecule has 366 valence electrons. The molecule has 1 saturated heterocycles. The van der Waals surface area contributed by atoms with Gasteiger partial charge in [-0.3, -0.25) is 18.6 Å². The number of aliphatic hydroxyl groups is 5. The molecule has 0 bridgehead atoms. The van der Waals surface area contributed by atoms with Crippen LogP contribution < -0.4 is 0 Å². The molecule has 2 aliphatic rings. The van der Waals surface area contributed by atoms with Gasteiger partial charge in [0, 0.05) is 12.8 Å². The maximum absolute atomic E-state index is 12.8. The van der Waals surface area contributed by atoms with Gasteiger partial charge in [0.15, 0.2) is 6.10 Å². The number of carbonyl (C=O) groups excluding carboxylic acids is 2. The lowest BCUT2D eigenvalue weighted by molar-refractivity contribution is -0.220. The Balaban J connectivity index is 1.75. The third-order valence-corrected chi connectivity index (χ3v) is 11.9. The fourth-order valence-electron chi connectivity index (χ4n) is 6.92. The molecule has 1 aliphatic carbocycles. The van der Waals surface area contributed by atoms with Crippen LogP contribution in [0.1, 0.15) is 155 Å². The van der Waals surface area contributed by atoms with Crippen LogP contribution in [0.5, 0.6) is 0 Å². The van der Waals surface area contributed by atoms with E-state index in [4.69, 9.17) is 23.3 Å². The summed E-state index contributed by atoms with van der Waals surface area (Å²) < 4.78 is 39.2. The van der Waals surface area contributed by atoms with Crippen molar-refractivity contribution >= 4 is 19.8 Å². The van der Waals surface area contributed by atoms with E-state index in [0.29, 0.717) is 31.8 Å². The van der Waals surface area contributed by atoms with Crippen LogP contribution in [0, 0.1) is 0 Å². The Labute approximate surface area is 382 Å². The zero-order valence-corrected chi connectivity index (χ0v) is 39.4. The van der Waals surface area contributed by atoms with E-state index in [2.05, 4.69) is 62.5 Å². The van der Waals surface area contributed by atoms with Crippen LogP contribution in [-0.2, 0) is 37.4 Å². The smallest absolute Gasteiger partial charge is 0.462 e. The number of aliphatic hydroxyl groups excluding tert-OH is 5. The number of rotatable bonds is 37. The number of ether oxygens (including phenoxy) is 3. The fraction of sp³-hybridized carbons (Fsp3) is 0.714. The number of hydrogen-bond acceptors (Lipinski definition) is 13. The van der Waals surface area contributed by atoms with Crippen molar-refractivity contribution in [1.29, 1.82) is 0 Å². The standard InChI is InChI=1S/C49H81O14P/c1-3-5-7-9-11-12-13-14-15-16-17-18-19-20-23-28-32-36-43(51)61-39(38-60-64(57,58)63-49-47(55)45(53)44(52)46(54)48(49)56)37-59-42(50)35-31-27-24-21-22-26-30-34-41-40(62-41)33-29-25-10-8-6-4-2/h14-15,17-18,20-21,23-26,29-30,39-41,44-49,52-56H,3-13,16,19,22,27-28,31-38H2,1-2H3,(H,57,58)/b15-14-,18-17-,23-20-,24-21-,29-25-,30-26-/t39-,40?,41?,44?,45-,46+,47-,48-,49?/m1/s1. The zero-order valence-electron chi connectivity index (χ0n) is 38.5. The Morgan fingerprint density at radius 3 is 1.55 bits per heavy atom. The second kappa shape index (κ2) is 35.4. The number of unbranched alkanes of at least 4 members (excludes halogenated alkanes) is 11. The first-order chi connectivity index (χ1) is 30.9. The summed E-state index contributed by atoms with van der Waals surface area (Å²) in [6.45, 7) is 3.16. The largest absolute Gasteiger partial charge is 0.472 e. The van der Waals surface area contributed by atoms with E-state index in [1.54, 1.807) is 0 Å². The van der Waals surface area contributed by atoms with Crippen molar-refractivity contribution in [1.82, 2.24) is 0 Å². The van der Waals surface area contributed by atoms with Crippen LogP contribution >= 0.6 is 7.82 Å². The maximum atomic E-state index is 12.8. The molecule has 15 heteroatoms. The van der Waals surface area contributed by atoms with Crippen molar-refractivity contribution < 1.29 is 67.8 Å². The summed E-state index contributed by atoms with van der Waals surface area (Å²) in [5.41, 5.74) is 0. The SMILES string of the molecule is CCCCC/C=C\CC1OC1C/C=C\C/C=C\CCCC(=O)OC[C@H](COP(=O)(O)OC1[C@H](O)[C@H](O)C(O)[C@H](O)[C@H]1O)OC(=O)CCC/C=C\C/C=C\C/C=C\CCCCCCCC. The fourth-order valence-corrected chi connectivity index (χ4v) is 7.90. The second-order valence-electron chi connectivity index (χ2n) is 16.6. The molecule has 0 aromatic heterocycles. The topological polar surface area (TPSA) is 222 Å². The first-order valence-corrected chi connectivity index (χ1v) is 25.4. The summed E-state index contributed by atoms with van der Waals surface area (Å²) in [7, 11) is -5.15. The number of carbonyl (C=O) groups is 2. The monoisotopic (exact) mass is 925 g/mol. The van der Waals surface area contributed by atoms with Gasteiger partial charge in [-0.05, 0) is 83.5 Å². The van der Waals surface area contributed by atoms with Crippen molar-refractivity contribution in [2.24, 2.45) is 0 Å². The number of esters is 2. The lowest BCUT2D eigenvalue weighted by Crippen LogP contribution is -2.64. The van der Waals surface area contributed by atoms with E-state index in [0.717, 1.165) is 44.9 Å². The molecular weight excluding hydrogens is 843 g/mol. The third kappa shape index (κ3) is 27.0. The van der Waals surface area contributed by atoms with Gasteiger partial charge in [-0.1, -0.05) is 132 Å². The average Bonchev–Trinajstić information content (AvgIpc) is 4.03. The van der Waals surface area contributed by atoms with E-state index in [1.807, 2.05) is 24.3 Å². The molecule has 0 aromatic carbocycles. The molecule has 1 heterocycles. The van der Waals surface area contributed by atoms with Crippen LogP contribution in [0.4, 0.5) is 0 Å². The second-order valence-corrected chi connectivity index (χ2v) is 18.0. The van der Waals surface area contributed by atoms with Gasteiger partial charge in [0.05, 0.1) is 18.8 Å². The Morgan fingerprint density at radius 2 is 0.969 bits per heavy atom. The van der Waals surface area contributed by atoms with E-state index in [-0.39, 0.29) is 18.9 Å². The summed E-state index contributed by atoms with van der Waals surface area (Å²) in [5, 5.41) is 50.2. The average molecular weight is 925 g/mol. The highest BCUT2D eigenvalue weighted by atomic mass is 31.2. The Hall–Kier alpha value is -2.75. The normalized spacial score (nSPS) is 25.4. The number of phosphoric acid groups is 1. The number of epoxide rings is 1. The van der Waals surface area contributed by atoms with Crippen molar-refractivity contribution in [3.05, 3.63) is 72.9 Å². The molecule has 10 atom stereocenters. The van der Waals surface area contributed by atoms with Gasteiger partial charge in [0.1, 0.15) is 43.2 Å². The van der Waals surface area contributed by atoms with E-state index in [1.165, 1.54) is 57.8 Å². The molecule has 0 amide bonds. The van der Waals surface area contributed by atoms with Gasteiger partial charge in [-0.15, -0.1) is 0 Å². The number of hydrogen-bond donors (Lipinski definition) is 6. The van der Waals surface area contributed by atoms with Gasteiger partial charge in [0.2, 0.25) is 0 Å².